The first kappa shape index (κ1) is 12.6. The first-order chi connectivity index (χ1) is 9.85. The van der Waals surface area contributed by atoms with E-state index in [1.807, 2.05) is 31.3 Å². The van der Waals surface area contributed by atoms with Crippen LogP contribution in [0.3, 0.4) is 0 Å². The van der Waals surface area contributed by atoms with Crippen molar-refractivity contribution in [1.82, 2.24) is 20.3 Å². The minimum atomic E-state index is 0.750. The van der Waals surface area contributed by atoms with E-state index in [2.05, 4.69) is 25.6 Å². The largest absolute Gasteiger partial charge is 0.443 e. The number of aromatic nitrogens is 3. The third kappa shape index (κ3) is 2.75. The zero-order chi connectivity index (χ0) is 13.8. The molecule has 3 aromatic rings. The van der Waals surface area contributed by atoms with Gasteiger partial charge in [0.25, 0.3) is 0 Å². The molecule has 0 fully saturated rings. The molecule has 6 nitrogen and oxygen atoms in total. The minimum Gasteiger partial charge on any atom is -0.443 e. The van der Waals surface area contributed by atoms with Gasteiger partial charge in [0, 0.05) is 30.9 Å². The summed E-state index contributed by atoms with van der Waals surface area (Å²) in [5.41, 5.74) is 2.50. The maximum Gasteiger partial charge on any atom is 0.181 e. The Morgan fingerprint density at radius 2 is 2.15 bits per heavy atom. The molecule has 0 saturated carbocycles. The van der Waals surface area contributed by atoms with E-state index in [1.54, 1.807) is 6.20 Å². The molecule has 1 aromatic carbocycles. The number of likely N-dealkylation sites (N-methyl/N-ethyl adjacent to an activating group) is 1. The molecule has 2 aromatic heterocycles. The number of anilines is 2. The number of nitrogens with zero attached hydrogens (tertiary/aromatic N) is 3. The fraction of sp³-hybridized carbons (Fsp3) is 0.214. The van der Waals surface area contributed by atoms with Crippen LogP contribution in [0.2, 0.25) is 0 Å². The van der Waals surface area contributed by atoms with E-state index < -0.39 is 0 Å². The molecule has 2 N–H and O–H groups in total. The van der Waals surface area contributed by atoms with Crippen LogP contribution in [-0.2, 0) is 6.42 Å². The number of nitrogens with one attached hydrogen (secondary N) is 2. The molecule has 2 heterocycles. The SMILES string of the molecule is CNCCc1nccc(Nc2ccc3ncoc3c2)n1. The third-order valence-corrected chi connectivity index (χ3v) is 2.91. The van der Waals surface area contributed by atoms with Crippen LogP contribution in [0.25, 0.3) is 11.1 Å². The maximum absolute atomic E-state index is 5.28. The highest BCUT2D eigenvalue weighted by Gasteiger charge is 2.03. The van der Waals surface area contributed by atoms with Gasteiger partial charge in [0.15, 0.2) is 12.0 Å². The van der Waals surface area contributed by atoms with E-state index in [-0.39, 0.29) is 0 Å². The number of benzene rings is 1. The van der Waals surface area contributed by atoms with Crippen molar-refractivity contribution in [2.45, 2.75) is 6.42 Å². The molecule has 0 spiro atoms. The Bertz CT molecular complexity index is 709. The fourth-order valence-corrected chi connectivity index (χ4v) is 1.91. The van der Waals surface area contributed by atoms with E-state index >= 15 is 0 Å². The Labute approximate surface area is 116 Å². The molecular formula is C14H15N5O. The van der Waals surface area contributed by atoms with Crippen LogP contribution in [0.1, 0.15) is 5.82 Å². The minimum absolute atomic E-state index is 0.750. The predicted octanol–water partition coefficient (Wildman–Crippen LogP) is 2.12. The second kappa shape index (κ2) is 5.66. The zero-order valence-corrected chi connectivity index (χ0v) is 11.1. The summed E-state index contributed by atoms with van der Waals surface area (Å²) in [6, 6.07) is 7.59. The average Bonchev–Trinajstić information content (AvgIpc) is 2.93. The van der Waals surface area contributed by atoms with Gasteiger partial charge in [0.05, 0.1) is 0 Å². The molecule has 20 heavy (non-hydrogen) atoms. The van der Waals surface area contributed by atoms with Crippen LogP contribution in [0, 0.1) is 0 Å². The highest BCUT2D eigenvalue weighted by Crippen LogP contribution is 2.20. The fourth-order valence-electron chi connectivity index (χ4n) is 1.91. The average molecular weight is 269 g/mol. The lowest BCUT2D eigenvalue weighted by Crippen LogP contribution is -2.12. The van der Waals surface area contributed by atoms with Crippen molar-refractivity contribution in [2.24, 2.45) is 0 Å². The van der Waals surface area contributed by atoms with Gasteiger partial charge in [-0.05, 0) is 25.2 Å². The third-order valence-electron chi connectivity index (χ3n) is 2.91. The van der Waals surface area contributed by atoms with Gasteiger partial charge in [-0.2, -0.15) is 0 Å². The summed E-state index contributed by atoms with van der Waals surface area (Å²) in [5.74, 6) is 1.58. The summed E-state index contributed by atoms with van der Waals surface area (Å²) in [7, 11) is 1.91. The highest BCUT2D eigenvalue weighted by atomic mass is 16.3. The van der Waals surface area contributed by atoms with E-state index in [0.29, 0.717) is 0 Å². The summed E-state index contributed by atoms with van der Waals surface area (Å²) in [6.45, 7) is 0.855. The van der Waals surface area contributed by atoms with Crippen molar-refractivity contribution >= 4 is 22.6 Å². The van der Waals surface area contributed by atoms with Crippen LogP contribution < -0.4 is 10.6 Å². The van der Waals surface area contributed by atoms with Gasteiger partial charge >= 0.3 is 0 Å². The van der Waals surface area contributed by atoms with E-state index in [0.717, 1.165) is 41.4 Å². The molecule has 0 aliphatic carbocycles. The van der Waals surface area contributed by atoms with Crippen molar-refractivity contribution in [2.75, 3.05) is 18.9 Å². The van der Waals surface area contributed by atoms with Crippen LogP contribution in [-0.4, -0.2) is 28.5 Å². The monoisotopic (exact) mass is 269 g/mol. The first-order valence-corrected chi connectivity index (χ1v) is 6.42. The summed E-state index contributed by atoms with van der Waals surface area (Å²) in [4.78, 5) is 12.8. The Kier molecular flexibility index (Phi) is 3.56. The number of rotatable bonds is 5. The molecule has 0 bridgehead atoms. The summed E-state index contributed by atoms with van der Waals surface area (Å²) < 4.78 is 5.28. The van der Waals surface area contributed by atoms with Crippen molar-refractivity contribution in [3.8, 4) is 0 Å². The Morgan fingerprint density at radius 1 is 1.20 bits per heavy atom. The smallest absolute Gasteiger partial charge is 0.181 e. The number of hydrogen-bond donors (Lipinski definition) is 2. The van der Waals surface area contributed by atoms with Gasteiger partial charge in [-0.15, -0.1) is 0 Å². The number of oxazole rings is 1. The lowest BCUT2D eigenvalue weighted by atomic mass is 10.3. The van der Waals surface area contributed by atoms with Gasteiger partial charge < -0.3 is 15.1 Å². The van der Waals surface area contributed by atoms with Crippen LogP contribution in [0.5, 0.6) is 0 Å². The molecule has 0 radical (unpaired) electrons. The molecule has 0 aliphatic rings. The molecule has 0 saturated heterocycles. The van der Waals surface area contributed by atoms with Crippen LogP contribution >= 0.6 is 0 Å². The second-order valence-electron chi connectivity index (χ2n) is 4.37. The molecule has 6 heteroatoms. The predicted molar refractivity (Wildman–Crippen MR) is 77.0 cm³/mol. The van der Waals surface area contributed by atoms with E-state index in [4.69, 9.17) is 4.42 Å². The quantitative estimate of drug-likeness (QED) is 0.739. The van der Waals surface area contributed by atoms with Crippen LogP contribution in [0.15, 0.2) is 41.3 Å². The lowest BCUT2D eigenvalue weighted by Gasteiger charge is -2.06. The normalized spacial score (nSPS) is 10.8. The molecule has 3 rings (SSSR count). The second-order valence-corrected chi connectivity index (χ2v) is 4.37. The first-order valence-electron chi connectivity index (χ1n) is 6.42. The van der Waals surface area contributed by atoms with Gasteiger partial charge in [0.2, 0.25) is 0 Å². The van der Waals surface area contributed by atoms with E-state index in [9.17, 15) is 0 Å². The molecule has 0 amide bonds. The summed E-state index contributed by atoms with van der Waals surface area (Å²) in [6.07, 6.45) is 4.00. The van der Waals surface area contributed by atoms with Crippen molar-refractivity contribution in [1.29, 1.82) is 0 Å². The topological polar surface area (TPSA) is 75.9 Å². The molecular weight excluding hydrogens is 254 g/mol. The van der Waals surface area contributed by atoms with Crippen molar-refractivity contribution in [3.05, 3.63) is 42.7 Å². The zero-order valence-electron chi connectivity index (χ0n) is 11.1. The molecule has 0 aliphatic heterocycles. The van der Waals surface area contributed by atoms with Crippen molar-refractivity contribution in [3.63, 3.8) is 0 Å². The summed E-state index contributed by atoms with van der Waals surface area (Å²) in [5, 5.41) is 6.33. The molecule has 0 atom stereocenters. The molecule has 0 unspecified atom stereocenters. The van der Waals surface area contributed by atoms with Crippen LogP contribution in [0.4, 0.5) is 11.5 Å². The Balaban J connectivity index is 1.79. The number of hydrogen-bond acceptors (Lipinski definition) is 6. The van der Waals surface area contributed by atoms with Gasteiger partial charge in [-0.3, -0.25) is 0 Å². The lowest BCUT2D eigenvalue weighted by molar-refractivity contribution is 0.602. The summed E-state index contributed by atoms with van der Waals surface area (Å²) >= 11 is 0. The highest BCUT2D eigenvalue weighted by molar-refractivity contribution is 5.77. The van der Waals surface area contributed by atoms with Gasteiger partial charge in [-0.25, -0.2) is 15.0 Å². The van der Waals surface area contributed by atoms with Crippen molar-refractivity contribution < 1.29 is 4.42 Å². The molecule has 102 valence electrons. The Morgan fingerprint density at radius 3 is 3.05 bits per heavy atom. The Hall–Kier alpha value is -2.47. The van der Waals surface area contributed by atoms with E-state index in [1.165, 1.54) is 6.39 Å². The standard InChI is InChI=1S/C14H15N5O/c1-15-6-4-13-16-7-5-14(19-13)18-10-2-3-11-12(8-10)20-9-17-11/h2-3,5,7-9,15H,4,6H2,1H3,(H,16,18,19). The van der Waals surface area contributed by atoms with Gasteiger partial charge in [-0.1, -0.05) is 0 Å². The maximum atomic E-state index is 5.28. The number of fused-ring (bicyclic) bond motifs is 1. The van der Waals surface area contributed by atoms with Gasteiger partial charge in [0.1, 0.15) is 17.2 Å².